The molecule has 0 aromatic rings. The molecule has 0 N–H and O–H groups in total. The maximum Gasteiger partial charge on any atom is 0.348 e. The lowest BCUT2D eigenvalue weighted by Crippen LogP contribution is -2.21. The highest BCUT2D eigenvalue weighted by Crippen LogP contribution is 2.43. The number of carbonyl (C=O) groups is 1. The van der Waals surface area contributed by atoms with Gasteiger partial charge in [-0.25, -0.2) is 4.79 Å². The summed E-state index contributed by atoms with van der Waals surface area (Å²) in [5.74, 6) is -0.559. The summed E-state index contributed by atoms with van der Waals surface area (Å²) in [6.45, 7) is 2.06. The molecule has 114 valence electrons. The fraction of sp³-hybridized carbons (Fsp3) is 0.500. The van der Waals surface area contributed by atoms with Gasteiger partial charge >= 0.3 is 5.97 Å². The predicted octanol–water partition coefficient (Wildman–Crippen LogP) is 3.08. The number of hydrogen-bond donors (Lipinski definition) is 0. The summed E-state index contributed by atoms with van der Waals surface area (Å²) in [4.78, 5) is 12.5. The number of allylic oxidation sites excluding steroid dienone is 3. The number of nitrogens with zero attached hydrogens (tertiary/aromatic N) is 3. The largest absolute Gasteiger partial charge is 0.465 e. The van der Waals surface area contributed by atoms with Crippen LogP contribution in [0.25, 0.3) is 0 Å². The lowest BCUT2D eigenvalue weighted by atomic mass is 9.76. The number of methoxy groups -OCH3 is 1. The van der Waals surface area contributed by atoms with Crippen LogP contribution in [-0.2, 0) is 9.53 Å². The Morgan fingerprint density at radius 1 is 1.23 bits per heavy atom. The van der Waals surface area contributed by atoms with Crippen LogP contribution in [0.1, 0.15) is 26.2 Å². The van der Waals surface area contributed by atoms with Crippen molar-refractivity contribution in [2.75, 3.05) is 13.4 Å². The van der Waals surface area contributed by atoms with E-state index in [4.69, 9.17) is 15.3 Å². The molecule has 0 aliphatic heterocycles. The van der Waals surface area contributed by atoms with Crippen LogP contribution in [0, 0.1) is 45.8 Å². The van der Waals surface area contributed by atoms with Crippen molar-refractivity contribution in [2.45, 2.75) is 26.2 Å². The number of rotatable bonds is 3. The molecule has 0 amide bonds. The summed E-state index contributed by atoms with van der Waals surface area (Å²) in [6, 6.07) is 5.75. The third-order valence-corrected chi connectivity index (χ3v) is 4.69. The Bertz CT molecular complexity index is 628. The van der Waals surface area contributed by atoms with E-state index in [1.54, 1.807) is 6.26 Å². The van der Waals surface area contributed by atoms with E-state index in [-0.39, 0.29) is 17.1 Å². The van der Waals surface area contributed by atoms with Gasteiger partial charge in [0.1, 0.15) is 29.4 Å². The van der Waals surface area contributed by atoms with Crippen LogP contribution in [0.4, 0.5) is 0 Å². The zero-order valence-corrected chi connectivity index (χ0v) is 13.7. The number of hydrogen-bond acceptors (Lipinski definition) is 6. The fourth-order valence-electron chi connectivity index (χ4n) is 2.72. The van der Waals surface area contributed by atoms with Gasteiger partial charge in [0.15, 0.2) is 0 Å². The van der Waals surface area contributed by atoms with E-state index in [2.05, 4.69) is 6.92 Å². The SMILES string of the molecule is COC(=O)/C(C#N)=C1\C[C@@H](C)CC[C@H]1C(SC)=C(C#N)C#N. The van der Waals surface area contributed by atoms with Crippen molar-refractivity contribution in [3.63, 3.8) is 0 Å². The van der Waals surface area contributed by atoms with E-state index >= 15 is 0 Å². The van der Waals surface area contributed by atoms with Gasteiger partial charge in [-0.3, -0.25) is 0 Å². The number of thioether (sulfide) groups is 1. The second-order valence-electron chi connectivity index (χ2n) is 5.11. The monoisotopic (exact) mass is 315 g/mol. The average molecular weight is 315 g/mol. The second kappa shape index (κ2) is 8.27. The summed E-state index contributed by atoms with van der Waals surface area (Å²) in [5.41, 5.74) is 0.730. The Kier molecular flexibility index (Phi) is 6.70. The van der Waals surface area contributed by atoms with E-state index < -0.39 is 5.97 Å². The van der Waals surface area contributed by atoms with Crippen LogP contribution < -0.4 is 0 Å². The van der Waals surface area contributed by atoms with Crippen LogP contribution in [-0.4, -0.2) is 19.3 Å². The standard InChI is InChI=1S/C16H17N3O2S/c1-10-4-5-12(15(22-3)11(7-17)8-18)13(6-10)14(9-19)16(20)21-2/h10,12H,4-6H2,1-3H3/b14-13+/t10-,12+/m0/s1. The van der Waals surface area contributed by atoms with Gasteiger partial charge in [-0.2, -0.15) is 15.8 Å². The molecule has 2 atom stereocenters. The Hall–Kier alpha value is -2.23. The van der Waals surface area contributed by atoms with Gasteiger partial charge < -0.3 is 4.74 Å². The Morgan fingerprint density at radius 2 is 1.86 bits per heavy atom. The minimum Gasteiger partial charge on any atom is -0.465 e. The van der Waals surface area contributed by atoms with Crippen molar-refractivity contribution in [3.8, 4) is 18.2 Å². The van der Waals surface area contributed by atoms with Crippen LogP contribution in [0.15, 0.2) is 21.6 Å². The first-order valence-electron chi connectivity index (χ1n) is 6.83. The van der Waals surface area contributed by atoms with Crippen molar-refractivity contribution in [1.29, 1.82) is 15.8 Å². The lowest BCUT2D eigenvalue weighted by molar-refractivity contribution is -0.135. The molecule has 0 aromatic carbocycles. The van der Waals surface area contributed by atoms with E-state index in [1.807, 2.05) is 18.2 Å². The molecule has 1 aliphatic rings. The summed E-state index contributed by atoms with van der Waals surface area (Å²) in [6.07, 6.45) is 4.02. The Labute approximate surface area is 134 Å². The van der Waals surface area contributed by atoms with Gasteiger partial charge in [0.2, 0.25) is 0 Å². The molecule has 0 bridgehead atoms. The maximum absolute atomic E-state index is 11.9. The lowest BCUT2D eigenvalue weighted by Gasteiger charge is -2.31. The molecule has 0 radical (unpaired) electrons. The number of esters is 1. The van der Waals surface area contributed by atoms with Crippen LogP contribution in [0.2, 0.25) is 0 Å². The van der Waals surface area contributed by atoms with E-state index in [9.17, 15) is 10.1 Å². The molecule has 1 saturated carbocycles. The van der Waals surface area contributed by atoms with E-state index in [0.29, 0.717) is 29.2 Å². The first kappa shape index (κ1) is 17.8. The topological polar surface area (TPSA) is 97.7 Å². The highest BCUT2D eigenvalue weighted by molar-refractivity contribution is 8.02. The first-order valence-corrected chi connectivity index (χ1v) is 8.06. The van der Waals surface area contributed by atoms with Crippen molar-refractivity contribution in [2.24, 2.45) is 11.8 Å². The van der Waals surface area contributed by atoms with Crippen LogP contribution >= 0.6 is 11.8 Å². The molecule has 0 heterocycles. The fourth-order valence-corrected chi connectivity index (χ4v) is 3.56. The minimum absolute atomic E-state index is 0.000768. The second-order valence-corrected chi connectivity index (χ2v) is 5.96. The Morgan fingerprint density at radius 3 is 2.32 bits per heavy atom. The van der Waals surface area contributed by atoms with Crippen molar-refractivity contribution >= 4 is 17.7 Å². The molecular formula is C16H17N3O2S. The van der Waals surface area contributed by atoms with E-state index in [1.165, 1.54) is 18.9 Å². The van der Waals surface area contributed by atoms with Crippen molar-refractivity contribution in [3.05, 3.63) is 21.6 Å². The van der Waals surface area contributed by atoms with Gasteiger partial charge in [-0.1, -0.05) is 6.92 Å². The third kappa shape index (κ3) is 3.70. The normalized spacial score (nSPS) is 22.5. The van der Waals surface area contributed by atoms with Gasteiger partial charge in [0.05, 0.1) is 7.11 Å². The van der Waals surface area contributed by atoms with Gasteiger partial charge in [-0.05, 0) is 37.0 Å². The molecular weight excluding hydrogens is 298 g/mol. The number of nitriles is 3. The maximum atomic E-state index is 11.9. The summed E-state index contributed by atoms with van der Waals surface area (Å²) < 4.78 is 4.69. The van der Waals surface area contributed by atoms with Gasteiger partial charge in [0.25, 0.3) is 0 Å². The highest BCUT2D eigenvalue weighted by atomic mass is 32.2. The van der Waals surface area contributed by atoms with Crippen molar-refractivity contribution < 1.29 is 9.53 Å². The molecule has 5 nitrogen and oxygen atoms in total. The number of carbonyl (C=O) groups excluding carboxylic acids is 1. The Balaban J connectivity index is 3.51. The van der Waals surface area contributed by atoms with Crippen LogP contribution in [0.5, 0.6) is 0 Å². The van der Waals surface area contributed by atoms with Crippen LogP contribution in [0.3, 0.4) is 0 Å². The minimum atomic E-state index is -0.660. The highest BCUT2D eigenvalue weighted by Gasteiger charge is 2.32. The molecule has 0 unspecified atom stereocenters. The average Bonchev–Trinajstić information content (AvgIpc) is 2.53. The summed E-state index contributed by atoms with van der Waals surface area (Å²) in [7, 11) is 1.24. The smallest absolute Gasteiger partial charge is 0.348 e. The molecule has 1 aliphatic carbocycles. The summed E-state index contributed by atoms with van der Waals surface area (Å²) >= 11 is 1.32. The van der Waals surface area contributed by atoms with Gasteiger partial charge in [-0.15, -0.1) is 11.8 Å². The quantitative estimate of drug-likeness (QED) is 0.451. The van der Waals surface area contributed by atoms with Gasteiger partial charge in [0, 0.05) is 10.8 Å². The third-order valence-electron chi connectivity index (χ3n) is 3.77. The molecule has 1 rings (SSSR count). The van der Waals surface area contributed by atoms with E-state index in [0.717, 1.165) is 6.42 Å². The van der Waals surface area contributed by atoms with Crippen molar-refractivity contribution in [1.82, 2.24) is 0 Å². The zero-order valence-electron chi connectivity index (χ0n) is 12.8. The first-order chi connectivity index (χ1) is 10.5. The molecule has 22 heavy (non-hydrogen) atoms. The molecule has 0 saturated heterocycles. The number of ether oxygens (including phenoxy) is 1. The summed E-state index contributed by atoms with van der Waals surface area (Å²) in [5, 5.41) is 27.6. The zero-order chi connectivity index (χ0) is 16.7. The predicted molar refractivity (Wildman–Crippen MR) is 82.9 cm³/mol. The molecule has 0 aromatic heterocycles. The molecule has 0 spiro atoms. The molecule has 1 fully saturated rings. The molecule has 6 heteroatoms.